The molecule has 1 fully saturated rings. The average Bonchev–Trinajstić information content (AvgIpc) is 3.31. The summed E-state index contributed by atoms with van der Waals surface area (Å²) < 4.78 is 1.36. The predicted molar refractivity (Wildman–Crippen MR) is 112 cm³/mol. The molecule has 0 spiro atoms. The maximum absolute atomic E-state index is 12.3. The number of anilines is 1. The first-order valence-corrected chi connectivity index (χ1v) is 10.6. The third kappa shape index (κ3) is 4.68. The topological polar surface area (TPSA) is 93.0 Å². The molecule has 3 aromatic heterocycles. The molecule has 1 saturated heterocycles. The van der Waals surface area contributed by atoms with E-state index in [0.717, 1.165) is 42.3 Å². The van der Waals surface area contributed by atoms with Gasteiger partial charge in [-0.3, -0.25) is 9.59 Å². The Morgan fingerprint density at radius 1 is 1.07 bits per heavy atom. The van der Waals surface area contributed by atoms with Gasteiger partial charge in [0.1, 0.15) is 5.69 Å². The van der Waals surface area contributed by atoms with Gasteiger partial charge in [0.05, 0.1) is 11.4 Å². The highest BCUT2D eigenvalue weighted by Crippen LogP contribution is 2.21. The normalized spacial score (nSPS) is 14.0. The van der Waals surface area contributed by atoms with E-state index in [-0.39, 0.29) is 30.2 Å². The number of hydrogen-bond acceptors (Lipinski definition) is 7. The maximum atomic E-state index is 12.3. The summed E-state index contributed by atoms with van der Waals surface area (Å²) in [6.45, 7) is 2.51. The molecular formula is C20H22N6O2S. The summed E-state index contributed by atoms with van der Waals surface area (Å²) >= 11 is 1.56. The molecule has 0 radical (unpaired) electrons. The van der Waals surface area contributed by atoms with E-state index in [0.29, 0.717) is 0 Å². The average molecular weight is 411 g/mol. The van der Waals surface area contributed by atoms with Crippen molar-refractivity contribution in [2.45, 2.75) is 25.8 Å². The molecule has 0 aliphatic carbocycles. The Balaban J connectivity index is 1.34. The number of hydrogen-bond donors (Lipinski definition) is 1. The second-order valence-corrected chi connectivity index (χ2v) is 7.79. The Labute approximate surface area is 172 Å². The summed E-state index contributed by atoms with van der Waals surface area (Å²) in [6.07, 6.45) is 3.56. The van der Waals surface area contributed by atoms with Crippen molar-refractivity contribution in [3.8, 4) is 10.6 Å². The summed E-state index contributed by atoms with van der Waals surface area (Å²) in [4.78, 5) is 27.6. The maximum Gasteiger partial charge on any atom is 0.271 e. The molecule has 8 nitrogen and oxygen atoms in total. The van der Waals surface area contributed by atoms with Crippen LogP contribution in [0.3, 0.4) is 0 Å². The van der Waals surface area contributed by atoms with Crippen molar-refractivity contribution >= 4 is 23.1 Å². The molecule has 3 aromatic rings. The van der Waals surface area contributed by atoms with Crippen LogP contribution in [0.4, 0.5) is 5.82 Å². The van der Waals surface area contributed by atoms with Crippen LogP contribution < -0.4 is 15.8 Å². The first-order valence-electron chi connectivity index (χ1n) is 9.70. The zero-order valence-corrected chi connectivity index (χ0v) is 16.8. The highest BCUT2D eigenvalue weighted by atomic mass is 32.1. The molecule has 1 amide bonds. The summed E-state index contributed by atoms with van der Waals surface area (Å²) in [5, 5.41) is 17.4. The predicted octanol–water partition coefficient (Wildman–Crippen LogP) is 2.18. The van der Waals surface area contributed by atoms with Crippen LogP contribution in [0.5, 0.6) is 0 Å². The Bertz CT molecular complexity index is 1010. The van der Waals surface area contributed by atoms with Gasteiger partial charge in [0.25, 0.3) is 11.5 Å². The number of nitrogens with zero attached hydrogens (tertiary/aromatic N) is 5. The Hall–Kier alpha value is -3.07. The quantitative estimate of drug-likeness (QED) is 0.670. The lowest BCUT2D eigenvalue weighted by atomic mass is 10.1. The van der Waals surface area contributed by atoms with Crippen LogP contribution >= 0.6 is 11.3 Å². The summed E-state index contributed by atoms with van der Waals surface area (Å²) in [5.74, 6) is 0.493. The minimum Gasteiger partial charge on any atom is -0.355 e. The Kier molecular flexibility index (Phi) is 5.95. The van der Waals surface area contributed by atoms with Gasteiger partial charge >= 0.3 is 0 Å². The van der Waals surface area contributed by atoms with Crippen molar-refractivity contribution in [1.82, 2.24) is 25.3 Å². The van der Waals surface area contributed by atoms with E-state index >= 15 is 0 Å². The Morgan fingerprint density at radius 2 is 1.93 bits per heavy atom. The van der Waals surface area contributed by atoms with E-state index in [1.165, 1.54) is 17.2 Å². The van der Waals surface area contributed by atoms with E-state index in [1.807, 2.05) is 23.6 Å². The van der Waals surface area contributed by atoms with Gasteiger partial charge in [-0.15, -0.1) is 21.5 Å². The van der Waals surface area contributed by atoms with Gasteiger partial charge in [0.2, 0.25) is 0 Å². The SMILES string of the molecule is O=C(NCCn1nc(-c2cccs2)ccc1=O)c1ccc(N2CCCCC2)nn1. The summed E-state index contributed by atoms with van der Waals surface area (Å²) in [7, 11) is 0. The minimum atomic E-state index is -0.315. The lowest BCUT2D eigenvalue weighted by molar-refractivity contribution is 0.0945. The molecule has 0 saturated carbocycles. The minimum absolute atomic E-state index is 0.203. The largest absolute Gasteiger partial charge is 0.355 e. The molecule has 0 aromatic carbocycles. The molecule has 4 rings (SSSR count). The molecule has 150 valence electrons. The van der Waals surface area contributed by atoms with E-state index < -0.39 is 0 Å². The number of nitrogens with one attached hydrogen (secondary N) is 1. The monoisotopic (exact) mass is 410 g/mol. The lowest BCUT2D eigenvalue weighted by Gasteiger charge is -2.27. The standard InChI is InChI=1S/C20H22N6O2S/c27-19-9-7-15(17-5-4-14-29-17)24-26(19)13-10-21-20(28)16-6-8-18(23-22-16)25-11-2-1-3-12-25/h4-9,14H,1-3,10-13H2,(H,21,28). The van der Waals surface area contributed by atoms with Gasteiger partial charge in [-0.25, -0.2) is 4.68 Å². The molecule has 4 heterocycles. The molecule has 0 atom stereocenters. The molecular weight excluding hydrogens is 388 g/mol. The molecule has 29 heavy (non-hydrogen) atoms. The van der Waals surface area contributed by atoms with Crippen LogP contribution in [-0.2, 0) is 6.54 Å². The van der Waals surface area contributed by atoms with E-state index in [1.54, 1.807) is 23.5 Å². The second kappa shape index (κ2) is 8.95. The smallest absolute Gasteiger partial charge is 0.271 e. The van der Waals surface area contributed by atoms with E-state index in [2.05, 4.69) is 25.5 Å². The number of carbonyl (C=O) groups excluding carboxylic acids is 1. The van der Waals surface area contributed by atoms with Crippen LogP contribution in [0.1, 0.15) is 29.8 Å². The van der Waals surface area contributed by atoms with Crippen molar-refractivity contribution < 1.29 is 4.79 Å². The number of thiophene rings is 1. The molecule has 1 aliphatic rings. The summed E-state index contributed by atoms with van der Waals surface area (Å²) in [6, 6.07) is 10.6. The third-order valence-corrected chi connectivity index (χ3v) is 5.70. The highest BCUT2D eigenvalue weighted by Gasteiger charge is 2.14. The zero-order valence-electron chi connectivity index (χ0n) is 16.0. The number of rotatable bonds is 6. The lowest BCUT2D eigenvalue weighted by Crippen LogP contribution is -2.33. The van der Waals surface area contributed by atoms with Crippen LogP contribution in [0, 0.1) is 0 Å². The van der Waals surface area contributed by atoms with Crippen molar-refractivity contribution in [3.63, 3.8) is 0 Å². The van der Waals surface area contributed by atoms with Crippen LogP contribution in [-0.4, -0.2) is 45.5 Å². The molecule has 0 bridgehead atoms. The van der Waals surface area contributed by atoms with Crippen molar-refractivity contribution in [3.05, 3.63) is 57.8 Å². The van der Waals surface area contributed by atoms with Gasteiger partial charge in [0.15, 0.2) is 11.5 Å². The van der Waals surface area contributed by atoms with Gasteiger partial charge in [0, 0.05) is 25.7 Å². The van der Waals surface area contributed by atoms with E-state index in [9.17, 15) is 9.59 Å². The Morgan fingerprint density at radius 3 is 2.66 bits per heavy atom. The van der Waals surface area contributed by atoms with Crippen molar-refractivity contribution in [2.24, 2.45) is 0 Å². The number of amides is 1. The van der Waals surface area contributed by atoms with Gasteiger partial charge in [-0.1, -0.05) is 6.07 Å². The fourth-order valence-corrected chi connectivity index (χ4v) is 3.96. The fourth-order valence-electron chi connectivity index (χ4n) is 3.27. The van der Waals surface area contributed by atoms with Gasteiger partial charge < -0.3 is 10.2 Å². The molecule has 9 heteroatoms. The summed E-state index contributed by atoms with van der Waals surface area (Å²) in [5.41, 5.74) is 0.800. The number of piperidine rings is 1. The molecule has 1 aliphatic heterocycles. The second-order valence-electron chi connectivity index (χ2n) is 6.84. The third-order valence-electron chi connectivity index (χ3n) is 4.81. The zero-order chi connectivity index (χ0) is 20.1. The number of aromatic nitrogens is 4. The van der Waals surface area contributed by atoms with Crippen LogP contribution in [0.25, 0.3) is 10.6 Å². The van der Waals surface area contributed by atoms with Gasteiger partial charge in [-0.2, -0.15) is 5.10 Å². The first kappa shape index (κ1) is 19.3. The van der Waals surface area contributed by atoms with Crippen molar-refractivity contribution in [2.75, 3.05) is 24.5 Å². The highest BCUT2D eigenvalue weighted by molar-refractivity contribution is 7.13. The van der Waals surface area contributed by atoms with Crippen LogP contribution in [0.15, 0.2) is 46.6 Å². The van der Waals surface area contributed by atoms with Crippen LogP contribution in [0.2, 0.25) is 0 Å². The van der Waals surface area contributed by atoms with Crippen molar-refractivity contribution in [1.29, 1.82) is 0 Å². The van der Waals surface area contributed by atoms with Gasteiger partial charge in [-0.05, 0) is 48.9 Å². The molecule has 0 unspecified atom stereocenters. The fraction of sp³-hybridized carbons (Fsp3) is 0.350. The molecule has 1 N–H and O–H groups in total. The van der Waals surface area contributed by atoms with E-state index in [4.69, 9.17) is 0 Å². The number of carbonyl (C=O) groups is 1. The first-order chi connectivity index (χ1) is 14.2.